The van der Waals surface area contributed by atoms with Crippen molar-refractivity contribution in [2.24, 2.45) is 0 Å². The Hall–Kier alpha value is -3.68. The van der Waals surface area contributed by atoms with Crippen LogP contribution in [0.2, 0.25) is 0 Å². The summed E-state index contributed by atoms with van der Waals surface area (Å²) >= 11 is 0. The van der Waals surface area contributed by atoms with E-state index in [1.807, 2.05) is 18.2 Å². The minimum atomic E-state index is -1.65. The molecule has 1 aliphatic rings. The summed E-state index contributed by atoms with van der Waals surface area (Å²) in [6.45, 7) is 5.60. The van der Waals surface area contributed by atoms with Crippen LogP contribution in [0.25, 0.3) is 0 Å². The van der Waals surface area contributed by atoms with Crippen LogP contribution in [0.15, 0.2) is 109 Å². The lowest BCUT2D eigenvalue weighted by Crippen LogP contribution is -2.61. The maximum Gasteiger partial charge on any atom is 0.306 e. The summed E-state index contributed by atoms with van der Waals surface area (Å²) in [5, 5.41) is 56.9. The van der Waals surface area contributed by atoms with E-state index in [4.69, 9.17) is 14.2 Å². The van der Waals surface area contributed by atoms with Gasteiger partial charge in [0.1, 0.15) is 24.4 Å². The molecule has 11 nitrogen and oxygen atoms in total. The van der Waals surface area contributed by atoms with Crippen molar-refractivity contribution in [3.05, 3.63) is 109 Å². The topological polar surface area (TPSA) is 175 Å². The van der Waals surface area contributed by atoms with Gasteiger partial charge in [0, 0.05) is 6.42 Å². The summed E-state index contributed by atoms with van der Waals surface area (Å²) in [5.41, 5.74) is 0. The van der Waals surface area contributed by atoms with Crippen molar-refractivity contribution in [3.8, 4) is 0 Å². The minimum absolute atomic E-state index is 0.00908. The molecule has 440 valence electrons. The van der Waals surface area contributed by atoms with Crippen LogP contribution in [0, 0.1) is 0 Å². The molecule has 0 spiro atoms. The number of carbonyl (C=O) groups excluding carboxylic acids is 2. The number of unbranched alkanes of at least 4 members (excludes halogenated alkanes) is 20. The summed E-state index contributed by atoms with van der Waals surface area (Å²) < 4.78 is 17.5. The Bertz CT molecular complexity index is 1660. The third-order valence-electron chi connectivity index (χ3n) is 13.7. The fourth-order valence-electron chi connectivity index (χ4n) is 8.82. The number of hydrogen-bond donors (Lipinski definition) is 6. The van der Waals surface area contributed by atoms with Crippen molar-refractivity contribution < 1.29 is 49.3 Å². The van der Waals surface area contributed by atoms with Crippen molar-refractivity contribution in [1.82, 2.24) is 5.32 Å². The van der Waals surface area contributed by atoms with Gasteiger partial charge in [0.15, 0.2) is 12.4 Å². The second kappa shape index (κ2) is 53.0. The van der Waals surface area contributed by atoms with Crippen LogP contribution in [0.5, 0.6) is 0 Å². The van der Waals surface area contributed by atoms with Crippen LogP contribution >= 0.6 is 0 Å². The van der Waals surface area contributed by atoms with Gasteiger partial charge < -0.3 is 45.1 Å². The fourth-order valence-corrected chi connectivity index (χ4v) is 8.82. The first-order valence-corrected chi connectivity index (χ1v) is 30.7. The van der Waals surface area contributed by atoms with Crippen molar-refractivity contribution >= 4 is 11.9 Å². The van der Waals surface area contributed by atoms with Crippen molar-refractivity contribution in [3.63, 3.8) is 0 Å². The fraction of sp³-hybridized carbons (Fsp3) is 0.697. The zero-order valence-electron chi connectivity index (χ0n) is 48.5. The Labute approximate surface area is 468 Å². The van der Waals surface area contributed by atoms with Gasteiger partial charge in [0.25, 0.3) is 0 Å². The maximum atomic E-state index is 13.4. The average Bonchev–Trinajstić information content (AvgIpc) is 3.43. The molecule has 0 aromatic rings. The van der Waals surface area contributed by atoms with Crippen molar-refractivity contribution in [2.45, 2.75) is 282 Å². The van der Waals surface area contributed by atoms with E-state index >= 15 is 0 Å². The summed E-state index contributed by atoms with van der Waals surface area (Å²) in [7, 11) is 0. The number of rotatable bonds is 50. The molecule has 1 aliphatic heterocycles. The van der Waals surface area contributed by atoms with Gasteiger partial charge in [0.05, 0.1) is 25.4 Å². The molecule has 0 bridgehead atoms. The van der Waals surface area contributed by atoms with Gasteiger partial charge in [-0.05, 0) is 96.3 Å². The van der Waals surface area contributed by atoms with E-state index in [0.29, 0.717) is 12.8 Å². The number of hydrogen-bond acceptors (Lipinski definition) is 10. The highest BCUT2D eigenvalue weighted by molar-refractivity contribution is 5.80. The standard InChI is InChI=1S/C66H111NO10/c1-4-7-10-13-16-19-22-25-26-27-28-29-30-31-32-33-36-38-41-44-47-50-53-59(70)65(74)67-57(58(69)52-49-46-43-40-37-34-23-20-17-14-11-8-5-2)56-75-66-64(63(73)62(72)60(55-68)76-66)77-61(71)54-51-48-45-42-39-35-24-21-18-15-12-9-6-3/h7,10,16,19,25-26,28-29,31-32,35-36,38-39,45,48-49,52,57-60,62-64,66,68-70,72-73H,4-6,8-9,11-15,17-18,20-24,27,30,33-34,37,40-44,46-47,50-51,53-56H2,1-3H3,(H,67,74)/b10-7-,19-16-,26-25-,29-28-,32-31-,38-36-,39-35-,48-45+,52-49+. The molecule has 0 aromatic heterocycles. The monoisotopic (exact) mass is 1080 g/mol. The van der Waals surface area contributed by atoms with Crippen molar-refractivity contribution in [2.75, 3.05) is 13.2 Å². The Morgan fingerprint density at radius 3 is 1.40 bits per heavy atom. The lowest BCUT2D eigenvalue weighted by Gasteiger charge is -2.41. The second-order valence-corrected chi connectivity index (χ2v) is 20.7. The Balaban J connectivity index is 2.75. The number of amides is 1. The first kappa shape index (κ1) is 71.3. The highest BCUT2D eigenvalue weighted by Gasteiger charge is 2.47. The van der Waals surface area contributed by atoms with Crippen LogP contribution in [0.4, 0.5) is 0 Å². The third-order valence-corrected chi connectivity index (χ3v) is 13.7. The predicted octanol–water partition coefficient (Wildman–Crippen LogP) is 14.5. The number of esters is 1. The van der Waals surface area contributed by atoms with E-state index in [2.05, 4.69) is 111 Å². The zero-order valence-corrected chi connectivity index (χ0v) is 48.5. The molecule has 1 rings (SSSR count). The van der Waals surface area contributed by atoms with E-state index in [9.17, 15) is 35.1 Å². The lowest BCUT2D eigenvalue weighted by atomic mass is 9.99. The van der Waals surface area contributed by atoms with Crippen LogP contribution in [0.1, 0.15) is 233 Å². The van der Waals surface area contributed by atoms with Gasteiger partial charge in [-0.1, -0.05) is 239 Å². The largest absolute Gasteiger partial charge is 0.454 e. The molecule has 1 fully saturated rings. The number of aliphatic hydroxyl groups is 5. The van der Waals surface area contributed by atoms with Crippen LogP contribution in [-0.2, 0) is 23.8 Å². The molecule has 0 aliphatic carbocycles. The molecular weight excluding hydrogens is 967 g/mol. The van der Waals surface area contributed by atoms with E-state index < -0.39 is 67.4 Å². The smallest absolute Gasteiger partial charge is 0.306 e. The van der Waals surface area contributed by atoms with Gasteiger partial charge >= 0.3 is 5.97 Å². The number of ether oxygens (including phenoxy) is 3. The summed E-state index contributed by atoms with van der Waals surface area (Å²) in [6.07, 6.45) is 61.4. The zero-order chi connectivity index (χ0) is 56.1. The average molecular weight is 1080 g/mol. The molecule has 1 saturated heterocycles. The number of nitrogens with one attached hydrogen (secondary N) is 1. The summed E-state index contributed by atoms with van der Waals surface area (Å²) in [4.78, 5) is 26.5. The Morgan fingerprint density at radius 1 is 0.519 bits per heavy atom. The van der Waals surface area contributed by atoms with E-state index in [1.54, 1.807) is 6.08 Å². The molecule has 8 unspecified atom stereocenters. The lowest BCUT2D eigenvalue weighted by molar-refractivity contribution is -0.305. The molecule has 6 N–H and O–H groups in total. The molecule has 8 atom stereocenters. The van der Waals surface area contributed by atoms with Gasteiger partial charge in [-0.2, -0.15) is 0 Å². The van der Waals surface area contributed by atoms with Gasteiger partial charge in [-0.15, -0.1) is 0 Å². The first-order chi connectivity index (χ1) is 37.7. The molecular formula is C66H111NO10. The molecule has 1 heterocycles. The van der Waals surface area contributed by atoms with E-state index in [-0.39, 0.29) is 19.4 Å². The molecule has 1 amide bonds. The quantitative estimate of drug-likeness (QED) is 0.0195. The van der Waals surface area contributed by atoms with E-state index in [0.717, 1.165) is 96.3 Å². The highest BCUT2D eigenvalue weighted by atomic mass is 16.7. The molecule has 0 saturated carbocycles. The number of aliphatic hydroxyl groups excluding tert-OH is 5. The Kier molecular flexibility index (Phi) is 49.1. The Morgan fingerprint density at radius 2 is 0.935 bits per heavy atom. The van der Waals surface area contributed by atoms with Gasteiger partial charge in [-0.3, -0.25) is 9.59 Å². The third kappa shape index (κ3) is 41.1. The minimum Gasteiger partial charge on any atom is -0.454 e. The van der Waals surface area contributed by atoms with Crippen LogP contribution in [-0.4, -0.2) is 99.6 Å². The normalized spacial score (nSPS) is 19.8. The number of carbonyl (C=O) groups is 2. The molecule has 0 radical (unpaired) electrons. The number of allylic oxidation sites excluding steroid dienone is 17. The SMILES string of the molecule is CC/C=C\C/C=C\C/C=C\C/C=C\C/C=C\C/C=C\CCCCCC(O)C(=O)NC(COC1OC(CO)C(O)C(O)C1OC(=O)CC/C=C/C/C=C\CCCCCCCC)C(O)/C=C/CCCCCCCCCCCCC. The molecule has 77 heavy (non-hydrogen) atoms. The second-order valence-electron chi connectivity index (χ2n) is 20.7. The van der Waals surface area contributed by atoms with Crippen LogP contribution in [0.3, 0.4) is 0 Å². The summed E-state index contributed by atoms with van der Waals surface area (Å²) in [6, 6.07) is -1.06. The molecule has 11 heteroatoms. The highest BCUT2D eigenvalue weighted by Crippen LogP contribution is 2.26. The van der Waals surface area contributed by atoms with Gasteiger partial charge in [-0.25, -0.2) is 0 Å². The predicted molar refractivity (Wildman–Crippen MR) is 319 cm³/mol. The first-order valence-electron chi connectivity index (χ1n) is 30.7. The van der Waals surface area contributed by atoms with Crippen molar-refractivity contribution in [1.29, 1.82) is 0 Å². The maximum absolute atomic E-state index is 13.4. The van der Waals surface area contributed by atoms with Gasteiger partial charge in [0.2, 0.25) is 5.91 Å². The molecule has 0 aromatic carbocycles. The van der Waals surface area contributed by atoms with Crippen LogP contribution < -0.4 is 5.32 Å². The van der Waals surface area contributed by atoms with E-state index in [1.165, 1.54) is 89.9 Å². The summed E-state index contributed by atoms with van der Waals surface area (Å²) in [5.74, 6) is -1.30.